The Balaban J connectivity index is 0.000000235. The molecule has 2 rings (SSSR count). The van der Waals surface area contributed by atoms with Gasteiger partial charge in [0.1, 0.15) is 0 Å². The van der Waals surface area contributed by atoms with Gasteiger partial charge in [-0.2, -0.15) is 5.26 Å². The zero-order valence-electron chi connectivity index (χ0n) is 12.9. The molecule has 112 valence electrons. The van der Waals surface area contributed by atoms with E-state index in [1.54, 1.807) is 13.0 Å². The Morgan fingerprint density at radius 1 is 1.19 bits per heavy atom. The first-order valence-electron chi connectivity index (χ1n) is 6.49. The Hall–Kier alpha value is -2.20. The molecule has 0 bridgehead atoms. The number of nitriles is 1. The summed E-state index contributed by atoms with van der Waals surface area (Å²) in [6.07, 6.45) is 0.625. The van der Waals surface area contributed by atoms with Crippen molar-refractivity contribution in [2.24, 2.45) is 0 Å². The molecule has 0 saturated heterocycles. The highest BCUT2D eigenvalue weighted by Gasteiger charge is 2.31. The minimum Gasteiger partial charge on any atom is -0.360 e. The van der Waals surface area contributed by atoms with Crippen molar-refractivity contribution >= 4 is 14.4 Å². The fraction of sp³-hybridized carbons (Fsp3) is 0.429. The van der Waals surface area contributed by atoms with Crippen molar-refractivity contribution in [1.82, 2.24) is 10.3 Å². The molecule has 7 heteroatoms. The average molecular weight is 305 g/mol. The minimum absolute atomic E-state index is 0.0892. The van der Waals surface area contributed by atoms with Gasteiger partial charge in [0.25, 0.3) is 0 Å². The summed E-state index contributed by atoms with van der Waals surface area (Å²) in [6.45, 7) is 10.1. The molecule has 2 aromatic heterocycles. The summed E-state index contributed by atoms with van der Waals surface area (Å²) in [5, 5.41) is 16.3. The summed E-state index contributed by atoms with van der Waals surface area (Å²) in [6, 6.07) is 5.73. The maximum Gasteiger partial charge on any atom is 0.199 e. The molecule has 1 atom stereocenters. The van der Waals surface area contributed by atoms with Gasteiger partial charge in [0.15, 0.2) is 17.8 Å². The van der Waals surface area contributed by atoms with Crippen LogP contribution in [-0.4, -0.2) is 24.7 Å². The first-order chi connectivity index (χ1) is 9.77. The number of carbonyl (C=O) groups is 1. The highest BCUT2D eigenvalue weighted by Crippen LogP contribution is 2.26. The normalized spacial score (nSPS) is 12.0. The second-order valence-corrected chi connectivity index (χ2v) is 11.1. The Kier molecular flexibility index (Phi) is 5.61. The van der Waals surface area contributed by atoms with Gasteiger partial charge in [-0.05, 0) is 13.8 Å². The molecule has 0 fully saturated rings. The van der Waals surface area contributed by atoms with E-state index in [9.17, 15) is 4.79 Å². The molecule has 0 amide bonds. The van der Waals surface area contributed by atoms with Crippen molar-refractivity contribution in [3.63, 3.8) is 0 Å². The van der Waals surface area contributed by atoms with E-state index >= 15 is 0 Å². The molecule has 0 spiro atoms. The molecule has 2 aromatic rings. The van der Waals surface area contributed by atoms with Crippen LogP contribution < -0.4 is 0 Å². The van der Waals surface area contributed by atoms with Crippen molar-refractivity contribution < 1.29 is 13.8 Å². The second-order valence-electron chi connectivity index (χ2n) is 5.79. The summed E-state index contributed by atoms with van der Waals surface area (Å²) < 4.78 is 9.60. The van der Waals surface area contributed by atoms with E-state index in [1.807, 2.05) is 13.0 Å². The number of carbonyl (C=O) groups excluding carboxylic acids is 1. The van der Waals surface area contributed by atoms with Gasteiger partial charge in [-0.3, -0.25) is 4.79 Å². The largest absolute Gasteiger partial charge is 0.360 e. The van der Waals surface area contributed by atoms with E-state index in [0.29, 0.717) is 6.29 Å². The molecular formula is C14H19N3O3Si. The van der Waals surface area contributed by atoms with Crippen LogP contribution >= 0.6 is 0 Å². The Bertz CT molecular complexity index is 634. The van der Waals surface area contributed by atoms with Crippen molar-refractivity contribution in [1.29, 1.82) is 5.26 Å². The van der Waals surface area contributed by atoms with Gasteiger partial charge in [-0.25, -0.2) is 0 Å². The summed E-state index contributed by atoms with van der Waals surface area (Å²) in [5.41, 5.74) is 1.48. The van der Waals surface area contributed by atoms with E-state index in [1.165, 1.54) is 0 Å². The zero-order valence-corrected chi connectivity index (χ0v) is 13.9. The lowest BCUT2D eigenvalue weighted by atomic mass is 10.3. The van der Waals surface area contributed by atoms with Crippen LogP contribution in [0.15, 0.2) is 21.2 Å². The topological polar surface area (TPSA) is 92.9 Å². The van der Waals surface area contributed by atoms with Crippen molar-refractivity contribution in [3.8, 4) is 6.07 Å². The SMILES string of the molecule is Cc1cc(C(C#N)[Si](C)(C)C)on1.Cc1cc(C=O)on1. The summed E-state index contributed by atoms with van der Waals surface area (Å²) in [4.78, 5) is 9.89. The number of hydrogen-bond donors (Lipinski definition) is 0. The van der Waals surface area contributed by atoms with Crippen LogP contribution in [0.25, 0.3) is 0 Å². The van der Waals surface area contributed by atoms with Gasteiger partial charge in [0, 0.05) is 12.1 Å². The third kappa shape index (κ3) is 5.00. The summed E-state index contributed by atoms with van der Waals surface area (Å²) in [5.74, 6) is 1.00. The maximum atomic E-state index is 9.89. The predicted molar refractivity (Wildman–Crippen MR) is 79.6 cm³/mol. The lowest BCUT2D eigenvalue weighted by molar-refractivity contribution is 0.109. The Morgan fingerprint density at radius 2 is 1.76 bits per heavy atom. The van der Waals surface area contributed by atoms with Crippen LogP contribution in [0.3, 0.4) is 0 Å². The molecule has 0 radical (unpaired) electrons. The standard InChI is InChI=1S/C9H14N2OSi.C5H5NO2/c1-7-5-8(12-11-7)9(6-10)13(2,3)4;1-4-2-5(3-7)8-6-4/h5,9H,1-4H3;2-3H,1H3. The number of rotatable bonds is 3. The number of aromatic nitrogens is 2. The van der Waals surface area contributed by atoms with Crippen LogP contribution in [0.5, 0.6) is 0 Å². The molecule has 0 saturated carbocycles. The quantitative estimate of drug-likeness (QED) is 0.638. The Morgan fingerprint density at radius 3 is 2.05 bits per heavy atom. The molecule has 1 unspecified atom stereocenters. The number of aryl methyl sites for hydroxylation is 2. The first-order valence-corrected chi connectivity index (χ1v) is 10.1. The molecule has 0 N–H and O–H groups in total. The number of aldehydes is 1. The monoisotopic (exact) mass is 305 g/mol. The van der Waals surface area contributed by atoms with Crippen molar-refractivity contribution in [2.75, 3.05) is 0 Å². The minimum atomic E-state index is -1.51. The molecule has 6 nitrogen and oxygen atoms in total. The van der Waals surface area contributed by atoms with E-state index in [-0.39, 0.29) is 11.3 Å². The molecular weight excluding hydrogens is 286 g/mol. The highest BCUT2D eigenvalue weighted by molar-refractivity contribution is 6.78. The fourth-order valence-corrected chi connectivity index (χ4v) is 3.02. The van der Waals surface area contributed by atoms with Gasteiger partial charge in [0.05, 0.1) is 31.1 Å². The smallest absolute Gasteiger partial charge is 0.199 e. The third-order valence-electron chi connectivity index (χ3n) is 2.69. The molecule has 21 heavy (non-hydrogen) atoms. The zero-order chi connectivity index (χ0) is 16.0. The van der Waals surface area contributed by atoms with E-state index in [0.717, 1.165) is 17.1 Å². The van der Waals surface area contributed by atoms with Crippen LogP contribution in [0, 0.1) is 25.2 Å². The van der Waals surface area contributed by atoms with Gasteiger partial charge < -0.3 is 9.05 Å². The highest BCUT2D eigenvalue weighted by atomic mass is 28.3. The van der Waals surface area contributed by atoms with E-state index < -0.39 is 8.07 Å². The molecule has 0 aliphatic carbocycles. The number of nitrogens with zero attached hydrogens (tertiary/aromatic N) is 3. The third-order valence-corrected chi connectivity index (χ3v) is 4.83. The lowest BCUT2D eigenvalue weighted by Crippen LogP contribution is -2.29. The lowest BCUT2D eigenvalue weighted by Gasteiger charge is -2.19. The van der Waals surface area contributed by atoms with Crippen LogP contribution in [0.2, 0.25) is 19.6 Å². The van der Waals surface area contributed by atoms with Gasteiger partial charge in [0.2, 0.25) is 0 Å². The molecule has 0 aliphatic rings. The molecule has 0 aromatic carbocycles. The van der Waals surface area contributed by atoms with Crippen LogP contribution in [0.1, 0.15) is 33.2 Å². The van der Waals surface area contributed by atoms with E-state index in [4.69, 9.17) is 9.78 Å². The summed E-state index contributed by atoms with van der Waals surface area (Å²) >= 11 is 0. The fourth-order valence-electron chi connectivity index (χ4n) is 1.64. The van der Waals surface area contributed by atoms with Crippen molar-refractivity contribution in [3.05, 3.63) is 35.0 Å². The molecule has 0 aliphatic heterocycles. The van der Waals surface area contributed by atoms with Gasteiger partial charge in [-0.15, -0.1) is 0 Å². The number of hydrogen-bond acceptors (Lipinski definition) is 6. The van der Waals surface area contributed by atoms with Gasteiger partial charge in [-0.1, -0.05) is 30.0 Å². The van der Waals surface area contributed by atoms with Crippen LogP contribution in [0.4, 0.5) is 0 Å². The first kappa shape index (κ1) is 16.9. The van der Waals surface area contributed by atoms with E-state index in [2.05, 4.69) is 40.5 Å². The maximum absolute atomic E-state index is 9.89. The van der Waals surface area contributed by atoms with Gasteiger partial charge >= 0.3 is 0 Å². The second kappa shape index (κ2) is 6.99. The average Bonchev–Trinajstić information content (AvgIpc) is 2.98. The molecule has 2 heterocycles. The van der Waals surface area contributed by atoms with Crippen LogP contribution in [-0.2, 0) is 0 Å². The summed E-state index contributed by atoms with van der Waals surface area (Å²) in [7, 11) is -1.51. The van der Waals surface area contributed by atoms with Crippen molar-refractivity contribution in [2.45, 2.75) is 39.0 Å². The Labute approximate surface area is 124 Å². The predicted octanol–water partition coefficient (Wildman–Crippen LogP) is 3.26.